The molecule has 3 unspecified atom stereocenters. The van der Waals surface area contributed by atoms with Crippen LogP contribution in [0.15, 0.2) is 12.1 Å². The summed E-state index contributed by atoms with van der Waals surface area (Å²) in [5, 5.41) is 11.0. The smallest absolute Gasteiger partial charge is 0.406 e. The van der Waals surface area contributed by atoms with Gasteiger partial charge in [-0.15, -0.1) is 11.6 Å². The van der Waals surface area contributed by atoms with Crippen LogP contribution in [0.4, 0.5) is 5.82 Å². The third-order valence-corrected chi connectivity index (χ3v) is 4.73. The molecule has 1 aromatic rings. The molecule has 1 fully saturated rings. The van der Waals surface area contributed by atoms with Gasteiger partial charge in [-0.3, -0.25) is 0 Å². The lowest BCUT2D eigenvalue weighted by Crippen LogP contribution is -2.55. The zero-order valence-corrected chi connectivity index (χ0v) is 12.0. The summed E-state index contributed by atoms with van der Waals surface area (Å²) < 4.78 is 5.79. The molecular formula is C13H17ClN2O3. The summed E-state index contributed by atoms with van der Waals surface area (Å²) in [6.07, 6.45) is 1.48. The van der Waals surface area contributed by atoms with Gasteiger partial charge < -0.3 is 14.9 Å². The quantitative estimate of drug-likeness (QED) is 0.482. The average molecular weight is 285 g/mol. The summed E-state index contributed by atoms with van der Waals surface area (Å²) in [4.78, 5) is 14.4. The first-order valence-corrected chi connectivity index (χ1v) is 6.75. The molecule has 0 aromatic carbocycles. The van der Waals surface area contributed by atoms with E-state index in [4.69, 9.17) is 16.3 Å². The van der Waals surface area contributed by atoms with E-state index in [0.717, 1.165) is 6.42 Å². The minimum atomic E-state index is -0.511. The molecule has 5 nitrogen and oxygen atoms in total. The van der Waals surface area contributed by atoms with E-state index in [1.165, 1.54) is 0 Å². The van der Waals surface area contributed by atoms with Gasteiger partial charge in [-0.05, 0) is 28.5 Å². The second kappa shape index (κ2) is 4.96. The molecule has 0 radical (unpaired) electrons. The van der Waals surface area contributed by atoms with Crippen LogP contribution in [0.1, 0.15) is 32.4 Å². The van der Waals surface area contributed by atoms with Crippen LogP contribution in [0, 0.1) is 22.5 Å². The molecule has 0 bridgehead atoms. The molecule has 1 aromatic heterocycles. The van der Waals surface area contributed by atoms with Gasteiger partial charge in [-0.1, -0.05) is 13.8 Å². The van der Waals surface area contributed by atoms with Gasteiger partial charge in [-0.25, -0.2) is 0 Å². The lowest BCUT2D eigenvalue weighted by molar-refractivity contribution is -0.391. The van der Waals surface area contributed by atoms with Crippen LogP contribution in [0.2, 0.25) is 0 Å². The summed E-state index contributed by atoms with van der Waals surface area (Å²) in [6.45, 7) is 5.81. The average Bonchev–Trinajstić information content (AvgIpc) is 2.38. The Morgan fingerprint density at radius 2 is 2.32 bits per heavy atom. The molecule has 1 saturated carbocycles. The molecule has 0 N–H and O–H groups in total. The fourth-order valence-electron chi connectivity index (χ4n) is 2.31. The van der Waals surface area contributed by atoms with E-state index in [2.05, 4.69) is 4.98 Å². The first-order valence-electron chi connectivity index (χ1n) is 6.31. The number of nitro groups is 1. The fourth-order valence-corrected chi connectivity index (χ4v) is 2.76. The molecule has 0 amide bonds. The molecule has 1 aliphatic carbocycles. The molecule has 3 atom stereocenters. The summed E-state index contributed by atoms with van der Waals surface area (Å²) in [5.41, 5.74) is 0.460. The van der Waals surface area contributed by atoms with Crippen molar-refractivity contribution in [3.05, 3.63) is 27.9 Å². The molecule has 0 saturated heterocycles. The van der Waals surface area contributed by atoms with Crippen LogP contribution in [-0.2, 0) is 0 Å². The highest BCUT2D eigenvalue weighted by molar-refractivity contribution is 6.21. The minimum absolute atomic E-state index is 0.0555. The number of aryl methyl sites for hydroxylation is 1. The van der Waals surface area contributed by atoms with Gasteiger partial charge in [0.1, 0.15) is 11.8 Å². The van der Waals surface area contributed by atoms with Gasteiger partial charge in [0.25, 0.3) is 0 Å². The van der Waals surface area contributed by atoms with Crippen LogP contribution in [-0.4, -0.2) is 21.4 Å². The van der Waals surface area contributed by atoms with Gasteiger partial charge in [0, 0.05) is 24.1 Å². The van der Waals surface area contributed by atoms with E-state index in [1.807, 2.05) is 13.8 Å². The van der Waals surface area contributed by atoms with E-state index < -0.39 is 4.92 Å². The Morgan fingerprint density at radius 1 is 1.63 bits per heavy atom. The number of alkyl halides is 1. The van der Waals surface area contributed by atoms with E-state index in [1.54, 1.807) is 19.1 Å². The first kappa shape index (κ1) is 14.1. The molecule has 1 aliphatic rings. The third-order valence-electron chi connectivity index (χ3n) is 4.05. The summed E-state index contributed by atoms with van der Waals surface area (Å²) >= 11 is 6.22. The number of nitrogens with zero attached hydrogens (tertiary/aromatic N) is 2. The number of hydrogen-bond donors (Lipinski definition) is 0. The van der Waals surface area contributed by atoms with Crippen molar-refractivity contribution in [3.63, 3.8) is 0 Å². The third kappa shape index (κ3) is 2.39. The molecule has 104 valence electrons. The summed E-state index contributed by atoms with van der Waals surface area (Å²) in [7, 11) is 0. The van der Waals surface area contributed by atoms with E-state index in [9.17, 15) is 10.1 Å². The molecule has 19 heavy (non-hydrogen) atoms. The van der Waals surface area contributed by atoms with Crippen LogP contribution in [0.3, 0.4) is 0 Å². The van der Waals surface area contributed by atoms with Crippen LogP contribution in [0.5, 0.6) is 5.75 Å². The number of hydrogen-bond acceptors (Lipinski definition) is 4. The second-order valence-corrected chi connectivity index (χ2v) is 5.73. The van der Waals surface area contributed by atoms with Gasteiger partial charge in [0.05, 0.1) is 0 Å². The molecule has 0 aliphatic heterocycles. The first-order chi connectivity index (χ1) is 8.88. The Morgan fingerprint density at radius 3 is 2.84 bits per heavy atom. The Bertz CT molecular complexity index is 509. The van der Waals surface area contributed by atoms with E-state index >= 15 is 0 Å². The van der Waals surface area contributed by atoms with Crippen molar-refractivity contribution < 1.29 is 9.66 Å². The molecule has 1 heterocycles. The van der Waals surface area contributed by atoms with Crippen molar-refractivity contribution in [3.8, 4) is 5.75 Å². The van der Waals surface area contributed by atoms with Crippen molar-refractivity contribution in [1.29, 1.82) is 0 Å². The van der Waals surface area contributed by atoms with Gasteiger partial charge in [0.2, 0.25) is 5.75 Å². The maximum absolute atomic E-state index is 11.0. The van der Waals surface area contributed by atoms with E-state index in [0.29, 0.717) is 12.1 Å². The highest BCUT2D eigenvalue weighted by Gasteiger charge is 2.51. The lowest BCUT2D eigenvalue weighted by Gasteiger charge is -2.50. The molecule has 6 heteroatoms. The number of rotatable bonds is 4. The van der Waals surface area contributed by atoms with Gasteiger partial charge in [0.15, 0.2) is 0 Å². The molecular weight excluding hydrogens is 268 g/mol. The Balaban J connectivity index is 2.23. The van der Waals surface area contributed by atoms with Gasteiger partial charge in [-0.2, -0.15) is 0 Å². The topological polar surface area (TPSA) is 65.3 Å². The Kier molecular flexibility index (Phi) is 3.67. The number of pyridine rings is 1. The van der Waals surface area contributed by atoms with Crippen molar-refractivity contribution in [2.45, 2.75) is 45.1 Å². The highest BCUT2D eigenvalue weighted by atomic mass is 35.5. The highest BCUT2D eigenvalue weighted by Crippen LogP contribution is 2.49. The standard InChI is InChI=1S/C13H17ClN2O3/c1-4-13(3)10(14)7-11(13)19-9-6-5-8(2)15-12(9)16(17)18/h5-6,10-11H,4,7H2,1-3H3. The fraction of sp³-hybridized carbons (Fsp3) is 0.615. The van der Waals surface area contributed by atoms with Crippen LogP contribution < -0.4 is 4.74 Å². The van der Waals surface area contributed by atoms with Crippen molar-refractivity contribution in [2.75, 3.05) is 0 Å². The predicted molar refractivity (Wildman–Crippen MR) is 72.7 cm³/mol. The molecule has 2 rings (SSSR count). The lowest BCUT2D eigenvalue weighted by atomic mass is 9.65. The zero-order valence-electron chi connectivity index (χ0n) is 11.2. The van der Waals surface area contributed by atoms with E-state index in [-0.39, 0.29) is 28.5 Å². The minimum Gasteiger partial charge on any atom is -0.482 e. The van der Waals surface area contributed by atoms with Crippen LogP contribution in [0.25, 0.3) is 0 Å². The van der Waals surface area contributed by atoms with Crippen LogP contribution >= 0.6 is 11.6 Å². The Hall–Kier alpha value is -1.36. The monoisotopic (exact) mass is 284 g/mol. The SMILES string of the molecule is CCC1(C)C(Cl)CC1Oc1ccc(C)nc1[N+](=O)[O-]. The zero-order chi connectivity index (χ0) is 14.2. The molecule has 0 spiro atoms. The second-order valence-electron chi connectivity index (χ2n) is 5.20. The maximum Gasteiger partial charge on any atom is 0.406 e. The number of ether oxygens (including phenoxy) is 1. The normalized spacial score (nSPS) is 29.7. The number of halogens is 1. The number of aromatic nitrogens is 1. The predicted octanol–water partition coefficient (Wildman–Crippen LogP) is 3.47. The van der Waals surface area contributed by atoms with Crippen molar-refractivity contribution in [2.24, 2.45) is 5.41 Å². The van der Waals surface area contributed by atoms with Gasteiger partial charge >= 0.3 is 5.82 Å². The summed E-state index contributed by atoms with van der Waals surface area (Å²) in [5.74, 6) is 0.000294. The summed E-state index contributed by atoms with van der Waals surface area (Å²) in [6, 6.07) is 3.32. The largest absolute Gasteiger partial charge is 0.482 e. The maximum atomic E-state index is 11.0. The van der Waals surface area contributed by atoms with Crippen molar-refractivity contribution in [1.82, 2.24) is 4.98 Å². The van der Waals surface area contributed by atoms with Crippen molar-refractivity contribution >= 4 is 17.4 Å². The Labute approximate surface area is 117 Å².